The molecule has 1 aliphatic rings. The van der Waals surface area contributed by atoms with Crippen LogP contribution in [0.25, 0.3) is 0 Å². The first-order valence-corrected chi connectivity index (χ1v) is 10.2. The van der Waals surface area contributed by atoms with Gasteiger partial charge in [0.05, 0.1) is 10.6 Å². The Morgan fingerprint density at radius 2 is 1.82 bits per heavy atom. The molecule has 1 fully saturated rings. The zero-order chi connectivity index (χ0) is 20.3. The van der Waals surface area contributed by atoms with Gasteiger partial charge in [-0.3, -0.25) is 4.79 Å². The van der Waals surface area contributed by atoms with Crippen LogP contribution in [-0.4, -0.2) is 38.3 Å². The van der Waals surface area contributed by atoms with Crippen LogP contribution in [-0.2, 0) is 10.0 Å². The van der Waals surface area contributed by atoms with Crippen molar-refractivity contribution < 1.29 is 26.7 Å². The summed E-state index contributed by atoms with van der Waals surface area (Å²) in [6, 6.07) is 10.1. The van der Waals surface area contributed by atoms with Crippen molar-refractivity contribution in [1.29, 1.82) is 0 Å². The van der Waals surface area contributed by atoms with Gasteiger partial charge in [-0.1, -0.05) is 18.2 Å². The van der Waals surface area contributed by atoms with Crippen LogP contribution in [0.5, 0.6) is 5.75 Å². The number of ether oxygens (including phenoxy) is 1. The molecule has 2 aromatic rings. The fourth-order valence-electron chi connectivity index (χ4n) is 3.05. The second kappa shape index (κ2) is 8.24. The molecule has 0 atom stereocenters. The first-order valence-electron chi connectivity index (χ1n) is 8.75. The van der Waals surface area contributed by atoms with Crippen molar-refractivity contribution in [3.8, 4) is 5.75 Å². The zero-order valence-electron chi connectivity index (χ0n) is 15.2. The average Bonchev–Trinajstić information content (AvgIpc) is 3.18. The number of rotatable bonds is 6. The quantitative estimate of drug-likeness (QED) is 0.789. The average molecular weight is 410 g/mol. The molecular weight excluding hydrogens is 390 g/mol. The SMILES string of the molecule is Cc1ccc(C(=O)Nc2ccccc2OC(F)F)cc1S(=O)(=O)N1CCCC1. The molecule has 2 aromatic carbocycles. The van der Waals surface area contributed by atoms with Crippen molar-refractivity contribution in [2.45, 2.75) is 31.3 Å². The van der Waals surface area contributed by atoms with E-state index in [1.807, 2.05) is 0 Å². The van der Waals surface area contributed by atoms with Gasteiger partial charge in [-0.2, -0.15) is 13.1 Å². The Morgan fingerprint density at radius 1 is 1.14 bits per heavy atom. The molecule has 1 aliphatic heterocycles. The van der Waals surface area contributed by atoms with Gasteiger partial charge >= 0.3 is 6.61 Å². The molecule has 9 heteroatoms. The molecule has 150 valence electrons. The molecule has 0 spiro atoms. The normalized spacial score (nSPS) is 15.0. The Kier molecular flexibility index (Phi) is 5.95. The number of amides is 1. The summed E-state index contributed by atoms with van der Waals surface area (Å²) in [6.07, 6.45) is 1.61. The van der Waals surface area contributed by atoms with E-state index in [1.165, 1.54) is 34.6 Å². The number of nitrogens with one attached hydrogen (secondary N) is 1. The number of carbonyl (C=O) groups excluding carboxylic acids is 1. The summed E-state index contributed by atoms with van der Waals surface area (Å²) in [5.41, 5.74) is 0.706. The minimum Gasteiger partial charge on any atom is -0.433 e. The lowest BCUT2D eigenvalue weighted by Crippen LogP contribution is -2.28. The van der Waals surface area contributed by atoms with Gasteiger partial charge in [0.1, 0.15) is 5.75 Å². The fourth-order valence-corrected chi connectivity index (χ4v) is 4.82. The van der Waals surface area contributed by atoms with Crippen molar-refractivity contribution >= 4 is 21.6 Å². The maximum Gasteiger partial charge on any atom is 0.387 e. The van der Waals surface area contributed by atoms with Gasteiger partial charge in [0.25, 0.3) is 5.91 Å². The monoisotopic (exact) mass is 410 g/mol. The molecule has 0 bridgehead atoms. The molecule has 6 nitrogen and oxygen atoms in total. The van der Waals surface area contributed by atoms with Crippen molar-refractivity contribution in [1.82, 2.24) is 4.31 Å². The predicted molar refractivity (Wildman–Crippen MR) is 100 cm³/mol. The van der Waals surface area contributed by atoms with Crippen LogP contribution in [0, 0.1) is 6.92 Å². The highest BCUT2D eigenvalue weighted by molar-refractivity contribution is 7.89. The van der Waals surface area contributed by atoms with E-state index in [2.05, 4.69) is 10.1 Å². The van der Waals surface area contributed by atoms with Crippen LogP contribution < -0.4 is 10.1 Å². The van der Waals surface area contributed by atoms with Crippen LogP contribution in [0.3, 0.4) is 0 Å². The maximum atomic E-state index is 12.9. The van der Waals surface area contributed by atoms with Crippen LogP contribution in [0.2, 0.25) is 0 Å². The topological polar surface area (TPSA) is 75.7 Å². The number of sulfonamides is 1. The third kappa shape index (κ3) is 4.31. The Balaban J connectivity index is 1.88. The zero-order valence-corrected chi connectivity index (χ0v) is 16.0. The Hall–Kier alpha value is -2.52. The number of nitrogens with zero attached hydrogens (tertiary/aromatic N) is 1. The predicted octanol–water partition coefficient (Wildman–Crippen LogP) is 3.63. The minimum atomic E-state index is -3.69. The number of anilines is 1. The second-order valence-corrected chi connectivity index (χ2v) is 8.33. The number of hydrogen-bond donors (Lipinski definition) is 1. The summed E-state index contributed by atoms with van der Waals surface area (Å²) in [5.74, 6) is -0.800. The molecule has 1 N–H and O–H groups in total. The van der Waals surface area contributed by atoms with E-state index < -0.39 is 22.5 Å². The number of halogens is 2. The summed E-state index contributed by atoms with van der Waals surface area (Å²) in [4.78, 5) is 12.7. The standard InChI is InChI=1S/C19H20F2N2O4S/c1-13-8-9-14(12-17(13)28(25,26)23-10-4-5-11-23)18(24)22-15-6-2-3-7-16(15)27-19(20)21/h2-3,6-9,12,19H,4-5,10-11H2,1H3,(H,22,24). The van der Waals surface area contributed by atoms with E-state index in [0.717, 1.165) is 12.8 Å². The molecular formula is C19H20F2N2O4S. The van der Waals surface area contributed by atoms with Gasteiger partial charge in [-0.05, 0) is 49.6 Å². The third-order valence-corrected chi connectivity index (χ3v) is 6.53. The van der Waals surface area contributed by atoms with E-state index in [4.69, 9.17) is 0 Å². The Bertz CT molecular complexity index is 974. The first kappa shape index (κ1) is 20.2. The smallest absolute Gasteiger partial charge is 0.387 e. The largest absolute Gasteiger partial charge is 0.433 e. The van der Waals surface area contributed by atoms with Crippen LogP contribution in [0.1, 0.15) is 28.8 Å². The van der Waals surface area contributed by atoms with E-state index in [-0.39, 0.29) is 21.9 Å². The summed E-state index contributed by atoms with van der Waals surface area (Å²) in [6.45, 7) is -0.460. The van der Waals surface area contributed by atoms with Gasteiger partial charge in [0, 0.05) is 18.7 Å². The Labute approximate surface area is 162 Å². The van der Waals surface area contributed by atoms with Crippen molar-refractivity contribution in [3.05, 3.63) is 53.6 Å². The minimum absolute atomic E-state index is 0.0670. The van der Waals surface area contributed by atoms with Crippen LogP contribution in [0.4, 0.5) is 14.5 Å². The number of aryl methyl sites for hydroxylation is 1. The van der Waals surface area contributed by atoms with Crippen molar-refractivity contribution in [2.75, 3.05) is 18.4 Å². The number of hydrogen-bond acceptors (Lipinski definition) is 4. The summed E-state index contributed by atoms with van der Waals surface area (Å²) >= 11 is 0. The lowest BCUT2D eigenvalue weighted by molar-refractivity contribution is -0.0493. The van der Waals surface area contributed by atoms with Gasteiger partial charge in [-0.25, -0.2) is 8.42 Å². The van der Waals surface area contributed by atoms with Gasteiger partial charge < -0.3 is 10.1 Å². The molecule has 0 saturated carbocycles. The van der Waals surface area contributed by atoms with E-state index in [9.17, 15) is 22.0 Å². The number of benzene rings is 2. The highest BCUT2D eigenvalue weighted by Crippen LogP contribution is 2.28. The molecule has 28 heavy (non-hydrogen) atoms. The number of alkyl halides is 2. The maximum absolute atomic E-state index is 12.9. The summed E-state index contributed by atoms with van der Waals surface area (Å²) in [5, 5.41) is 2.49. The molecule has 1 amide bonds. The van der Waals surface area contributed by atoms with E-state index >= 15 is 0 Å². The van der Waals surface area contributed by atoms with Gasteiger partial charge in [-0.15, -0.1) is 0 Å². The molecule has 0 unspecified atom stereocenters. The van der Waals surface area contributed by atoms with E-state index in [1.54, 1.807) is 19.1 Å². The number of carbonyl (C=O) groups is 1. The lowest BCUT2D eigenvalue weighted by atomic mass is 10.1. The van der Waals surface area contributed by atoms with Crippen molar-refractivity contribution in [3.63, 3.8) is 0 Å². The Morgan fingerprint density at radius 3 is 2.50 bits per heavy atom. The highest BCUT2D eigenvalue weighted by Gasteiger charge is 2.29. The fraction of sp³-hybridized carbons (Fsp3) is 0.316. The molecule has 1 heterocycles. The molecule has 0 radical (unpaired) electrons. The second-order valence-electron chi connectivity index (χ2n) is 6.42. The highest BCUT2D eigenvalue weighted by atomic mass is 32.2. The van der Waals surface area contributed by atoms with Gasteiger partial charge in [0.2, 0.25) is 10.0 Å². The van der Waals surface area contributed by atoms with Crippen molar-refractivity contribution in [2.24, 2.45) is 0 Å². The molecule has 3 rings (SSSR count). The number of para-hydroxylation sites is 2. The van der Waals surface area contributed by atoms with Crippen LogP contribution >= 0.6 is 0 Å². The van der Waals surface area contributed by atoms with E-state index in [0.29, 0.717) is 18.7 Å². The summed E-state index contributed by atoms with van der Waals surface area (Å²) in [7, 11) is -3.69. The summed E-state index contributed by atoms with van der Waals surface area (Å²) < 4.78 is 56.6. The van der Waals surface area contributed by atoms with Crippen LogP contribution in [0.15, 0.2) is 47.4 Å². The molecule has 1 saturated heterocycles. The lowest BCUT2D eigenvalue weighted by Gasteiger charge is -2.18. The van der Waals surface area contributed by atoms with Gasteiger partial charge in [0.15, 0.2) is 0 Å². The third-order valence-electron chi connectivity index (χ3n) is 4.48. The molecule has 0 aliphatic carbocycles. The first-order chi connectivity index (χ1) is 13.3. The molecule has 0 aromatic heterocycles.